The third kappa shape index (κ3) is 4.47. The number of morpholine rings is 1. The molecule has 1 aromatic heterocycles. The highest BCUT2D eigenvalue weighted by Crippen LogP contribution is 2.31. The number of ether oxygens (including phenoxy) is 1. The van der Waals surface area contributed by atoms with E-state index in [2.05, 4.69) is 10.2 Å². The van der Waals surface area contributed by atoms with Crippen LogP contribution >= 0.6 is 0 Å². The van der Waals surface area contributed by atoms with Gasteiger partial charge in [0, 0.05) is 26.2 Å². The lowest BCUT2D eigenvalue weighted by Crippen LogP contribution is -2.40. The fraction of sp³-hybridized carbons (Fsp3) is 0.450. The monoisotopic (exact) mass is 421 g/mol. The van der Waals surface area contributed by atoms with E-state index in [1.54, 1.807) is 25.1 Å². The minimum atomic E-state index is -3.67. The van der Waals surface area contributed by atoms with Gasteiger partial charge < -0.3 is 19.4 Å². The van der Waals surface area contributed by atoms with E-state index in [1.807, 2.05) is 13.8 Å². The van der Waals surface area contributed by atoms with Crippen LogP contribution in [-0.2, 0) is 14.8 Å². The molecule has 1 N–H and O–H groups in total. The summed E-state index contributed by atoms with van der Waals surface area (Å²) in [5.74, 6) is 0.162. The third-order valence-corrected chi connectivity index (χ3v) is 6.93. The molecule has 158 valence electrons. The molecule has 1 saturated heterocycles. The largest absolute Gasteiger partial charge is 0.469 e. The number of carbonyl (C=O) groups excluding carboxylic acids is 1. The van der Waals surface area contributed by atoms with Gasteiger partial charge in [0.25, 0.3) is 5.91 Å². The molecule has 1 amide bonds. The topological polar surface area (TPSA) is 92.1 Å². The minimum absolute atomic E-state index is 0.148. The normalized spacial score (nSPS) is 15.3. The van der Waals surface area contributed by atoms with Crippen molar-refractivity contribution in [3.8, 4) is 0 Å². The zero-order chi connectivity index (χ0) is 21.0. The molecule has 1 aliphatic heterocycles. The van der Waals surface area contributed by atoms with Crippen molar-refractivity contribution in [3.05, 3.63) is 41.9 Å². The van der Waals surface area contributed by atoms with Gasteiger partial charge in [-0.3, -0.25) is 4.79 Å². The summed E-state index contributed by atoms with van der Waals surface area (Å²) in [6.45, 7) is 8.55. The first-order valence-corrected chi connectivity index (χ1v) is 11.1. The van der Waals surface area contributed by atoms with Crippen LogP contribution in [0.5, 0.6) is 0 Å². The van der Waals surface area contributed by atoms with Gasteiger partial charge in [0.2, 0.25) is 10.0 Å². The molecule has 9 heteroatoms. The van der Waals surface area contributed by atoms with Gasteiger partial charge in [-0.15, -0.1) is 0 Å². The van der Waals surface area contributed by atoms with Crippen molar-refractivity contribution >= 4 is 27.3 Å². The van der Waals surface area contributed by atoms with Crippen LogP contribution < -0.4 is 10.2 Å². The molecule has 29 heavy (non-hydrogen) atoms. The summed E-state index contributed by atoms with van der Waals surface area (Å²) in [5, 5.41) is 2.87. The molecule has 0 radical (unpaired) electrons. The van der Waals surface area contributed by atoms with Crippen LogP contribution in [0.3, 0.4) is 0 Å². The summed E-state index contributed by atoms with van der Waals surface area (Å²) in [5.41, 5.74) is 1.64. The van der Waals surface area contributed by atoms with E-state index in [-0.39, 0.29) is 10.8 Å². The van der Waals surface area contributed by atoms with Gasteiger partial charge in [0.15, 0.2) is 0 Å². The van der Waals surface area contributed by atoms with Gasteiger partial charge >= 0.3 is 0 Å². The second kappa shape index (κ2) is 8.98. The average molecular weight is 422 g/mol. The van der Waals surface area contributed by atoms with Crippen LogP contribution in [0.2, 0.25) is 0 Å². The van der Waals surface area contributed by atoms with E-state index in [9.17, 15) is 13.2 Å². The van der Waals surface area contributed by atoms with Crippen LogP contribution in [0.25, 0.3) is 0 Å². The number of rotatable bonds is 7. The molecule has 2 aromatic rings. The first-order valence-electron chi connectivity index (χ1n) is 9.70. The number of nitrogens with zero attached hydrogens (tertiary/aromatic N) is 2. The van der Waals surface area contributed by atoms with Gasteiger partial charge in [-0.05, 0) is 45.0 Å². The molecule has 3 rings (SSSR count). The molecule has 0 atom stereocenters. The number of hydrogen-bond acceptors (Lipinski definition) is 6. The number of aryl methyl sites for hydroxylation is 1. The summed E-state index contributed by atoms with van der Waals surface area (Å²) >= 11 is 0. The Morgan fingerprint density at radius 3 is 2.45 bits per heavy atom. The molecular formula is C20H27N3O5S. The van der Waals surface area contributed by atoms with Crippen molar-refractivity contribution < 1.29 is 22.4 Å². The predicted octanol–water partition coefficient (Wildman–Crippen LogP) is 2.71. The molecule has 0 bridgehead atoms. The van der Waals surface area contributed by atoms with E-state index in [0.29, 0.717) is 43.3 Å². The smallest absolute Gasteiger partial charge is 0.259 e. The lowest BCUT2D eigenvalue weighted by molar-refractivity contribution is 0.0730. The average Bonchev–Trinajstić information content (AvgIpc) is 3.16. The zero-order valence-electron chi connectivity index (χ0n) is 17.0. The first-order chi connectivity index (χ1) is 13.9. The number of nitrogens with one attached hydrogen (secondary N) is 1. The molecule has 0 aliphatic carbocycles. The van der Waals surface area contributed by atoms with Crippen molar-refractivity contribution in [2.24, 2.45) is 0 Å². The summed E-state index contributed by atoms with van der Waals surface area (Å²) in [6, 6.07) is 6.47. The van der Waals surface area contributed by atoms with Gasteiger partial charge in [-0.25, -0.2) is 8.42 Å². The first kappa shape index (κ1) is 21.4. The van der Waals surface area contributed by atoms with Crippen LogP contribution in [0.15, 0.2) is 39.8 Å². The SMILES string of the molecule is CCN(CC)c1ccc(S(=O)(=O)N2CCOCC2)cc1NC(=O)c1ccoc1C. The molecule has 8 nitrogen and oxygen atoms in total. The molecule has 0 saturated carbocycles. The molecule has 2 heterocycles. The quantitative estimate of drug-likeness (QED) is 0.739. The molecule has 0 unspecified atom stereocenters. The van der Waals surface area contributed by atoms with Crippen molar-refractivity contribution in [3.63, 3.8) is 0 Å². The van der Waals surface area contributed by atoms with Crippen LogP contribution in [-0.4, -0.2) is 58.0 Å². The summed E-state index contributed by atoms with van der Waals surface area (Å²) in [7, 11) is -3.67. The number of benzene rings is 1. The van der Waals surface area contributed by atoms with E-state index in [1.165, 1.54) is 16.6 Å². The van der Waals surface area contributed by atoms with E-state index >= 15 is 0 Å². The number of amides is 1. The van der Waals surface area contributed by atoms with Crippen LogP contribution in [0.1, 0.15) is 30.0 Å². The predicted molar refractivity (Wildman–Crippen MR) is 111 cm³/mol. The van der Waals surface area contributed by atoms with Gasteiger partial charge in [-0.2, -0.15) is 4.31 Å². The van der Waals surface area contributed by atoms with E-state index < -0.39 is 10.0 Å². The van der Waals surface area contributed by atoms with Crippen molar-refractivity contribution in [1.29, 1.82) is 0 Å². The minimum Gasteiger partial charge on any atom is -0.469 e. The fourth-order valence-electron chi connectivity index (χ4n) is 3.36. The Morgan fingerprint density at radius 1 is 1.17 bits per heavy atom. The Hall–Kier alpha value is -2.36. The Bertz CT molecular complexity index is 960. The highest BCUT2D eigenvalue weighted by atomic mass is 32.2. The van der Waals surface area contributed by atoms with Crippen molar-refractivity contribution in [1.82, 2.24) is 4.31 Å². The summed E-state index contributed by atoms with van der Waals surface area (Å²) in [6.07, 6.45) is 1.45. The maximum absolute atomic E-state index is 13.1. The zero-order valence-corrected chi connectivity index (χ0v) is 17.8. The fourth-order valence-corrected chi connectivity index (χ4v) is 4.80. The molecule has 1 aromatic carbocycles. The number of furan rings is 1. The molecular weight excluding hydrogens is 394 g/mol. The number of carbonyl (C=O) groups is 1. The van der Waals surface area contributed by atoms with Crippen molar-refractivity contribution in [2.45, 2.75) is 25.7 Å². The van der Waals surface area contributed by atoms with Gasteiger partial charge in [0.1, 0.15) is 5.76 Å². The molecule has 1 fully saturated rings. The second-order valence-corrected chi connectivity index (χ2v) is 8.65. The van der Waals surface area contributed by atoms with Crippen LogP contribution in [0.4, 0.5) is 11.4 Å². The van der Waals surface area contributed by atoms with Crippen LogP contribution in [0, 0.1) is 6.92 Å². The maximum Gasteiger partial charge on any atom is 0.259 e. The summed E-state index contributed by atoms with van der Waals surface area (Å²) < 4.78 is 38.0. The third-order valence-electron chi connectivity index (χ3n) is 5.03. The highest BCUT2D eigenvalue weighted by molar-refractivity contribution is 7.89. The number of sulfonamides is 1. The Balaban J connectivity index is 1.99. The van der Waals surface area contributed by atoms with E-state index in [4.69, 9.17) is 9.15 Å². The lowest BCUT2D eigenvalue weighted by atomic mass is 10.2. The summed E-state index contributed by atoms with van der Waals surface area (Å²) in [4.78, 5) is 15.0. The van der Waals surface area contributed by atoms with Crippen molar-refractivity contribution in [2.75, 3.05) is 49.6 Å². The highest BCUT2D eigenvalue weighted by Gasteiger charge is 2.27. The van der Waals surface area contributed by atoms with E-state index in [0.717, 1.165) is 18.8 Å². The second-order valence-electron chi connectivity index (χ2n) is 6.71. The van der Waals surface area contributed by atoms with Gasteiger partial charge in [0.05, 0.1) is 41.3 Å². The Kier molecular flexibility index (Phi) is 6.61. The number of hydrogen-bond donors (Lipinski definition) is 1. The maximum atomic E-state index is 13.1. The lowest BCUT2D eigenvalue weighted by Gasteiger charge is -2.28. The molecule has 1 aliphatic rings. The Morgan fingerprint density at radius 2 is 1.86 bits per heavy atom. The number of anilines is 2. The Labute approximate surface area is 171 Å². The van der Waals surface area contributed by atoms with Gasteiger partial charge in [-0.1, -0.05) is 0 Å². The standard InChI is InChI=1S/C20H27N3O5S/c1-4-22(5-2)19-7-6-16(29(25,26)23-9-12-27-13-10-23)14-18(19)21-20(24)17-8-11-28-15(17)3/h6-8,11,14H,4-5,9-10,12-13H2,1-3H3,(H,21,24). The molecule has 0 spiro atoms.